The van der Waals surface area contributed by atoms with Crippen LogP contribution in [-0.2, 0) is 6.54 Å². The fourth-order valence-corrected chi connectivity index (χ4v) is 1.30. The summed E-state index contributed by atoms with van der Waals surface area (Å²) in [5.74, 6) is -3.49. The second-order valence-corrected chi connectivity index (χ2v) is 3.09. The van der Waals surface area contributed by atoms with Crippen LogP contribution in [0, 0.1) is 17.5 Å². The fourth-order valence-electron chi connectivity index (χ4n) is 0.901. The molecule has 0 bridgehead atoms. The topological polar surface area (TPSA) is 46.2 Å². The SMILES string of the molecule is NCc1c(F)cc(PO)c(F)c1F. The number of hydrogen-bond acceptors (Lipinski definition) is 2. The highest BCUT2D eigenvalue weighted by Crippen LogP contribution is 2.18. The molecule has 0 fully saturated rings. The second kappa shape index (κ2) is 4.05. The lowest BCUT2D eigenvalue weighted by Gasteiger charge is -2.05. The quantitative estimate of drug-likeness (QED) is 0.558. The lowest BCUT2D eigenvalue weighted by atomic mass is 10.2. The van der Waals surface area contributed by atoms with Crippen LogP contribution >= 0.6 is 8.81 Å². The van der Waals surface area contributed by atoms with Gasteiger partial charge < -0.3 is 10.6 Å². The Bertz CT molecular complexity index is 332. The largest absolute Gasteiger partial charge is 0.372 e. The Morgan fingerprint density at radius 1 is 1.31 bits per heavy atom. The molecule has 1 aromatic rings. The van der Waals surface area contributed by atoms with Crippen molar-refractivity contribution in [3.63, 3.8) is 0 Å². The highest BCUT2D eigenvalue weighted by molar-refractivity contribution is 7.40. The number of nitrogens with two attached hydrogens (primary N) is 1. The number of benzene rings is 1. The Labute approximate surface area is 74.4 Å². The van der Waals surface area contributed by atoms with Gasteiger partial charge >= 0.3 is 0 Å². The minimum absolute atomic E-state index is 0.382. The van der Waals surface area contributed by atoms with Crippen LogP contribution in [0.1, 0.15) is 5.56 Å². The van der Waals surface area contributed by atoms with Gasteiger partial charge in [-0.05, 0) is 6.07 Å². The van der Waals surface area contributed by atoms with Gasteiger partial charge in [0.2, 0.25) is 0 Å². The first-order valence-corrected chi connectivity index (χ1v) is 4.33. The first-order valence-electron chi connectivity index (χ1n) is 3.38. The van der Waals surface area contributed by atoms with Crippen molar-refractivity contribution in [2.24, 2.45) is 5.73 Å². The smallest absolute Gasteiger partial charge is 0.169 e. The van der Waals surface area contributed by atoms with Gasteiger partial charge in [0.1, 0.15) is 5.82 Å². The molecule has 6 heteroatoms. The van der Waals surface area contributed by atoms with E-state index in [0.717, 1.165) is 6.07 Å². The van der Waals surface area contributed by atoms with Crippen LogP contribution in [0.4, 0.5) is 13.2 Å². The van der Waals surface area contributed by atoms with Gasteiger partial charge in [-0.3, -0.25) is 0 Å². The molecule has 13 heavy (non-hydrogen) atoms. The third-order valence-electron chi connectivity index (χ3n) is 1.58. The minimum atomic E-state index is -1.32. The molecule has 0 aliphatic carbocycles. The van der Waals surface area contributed by atoms with E-state index >= 15 is 0 Å². The average molecular weight is 209 g/mol. The highest BCUT2D eigenvalue weighted by Gasteiger charge is 2.16. The van der Waals surface area contributed by atoms with Crippen LogP contribution in [0.5, 0.6) is 0 Å². The van der Waals surface area contributed by atoms with Gasteiger partial charge in [0.05, 0.1) is 0 Å². The molecule has 1 unspecified atom stereocenters. The minimum Gasteiger partial charge on any atom is -0.372 e. The van der Waals surface area contributed by atoms with E-state index in [1.54, 1.807) is 0 Å². The number of hydrogen-bond donors (Lipinski definition) is 2. The third-order valence-corrected chi connectivity index (χ3v) is 2.18. The molecule has 0 aliphatic heterocycles. The molecule has 72 valence electrons. The number of rotatable bonds is 2. The molecule has 1 aromatic carbocycles. The third kappa shape index (κ3) is 1.82. The molecular weight excluding hydrogens is 202 g/mol. The Morgan fingerprint density at radius 3 is 2.38 bits per heavy atom. The molecule has 0 heterocycles. The monoisotopic (exact) mass is 209 g/mol. The van der Waals surface area contributed by atoms with E-state index in [1.165, 1.54) is 0 Å². The average Bonchev–Trinajstić information content (AvgIpc) is 2.12. The predicted octanol–water partition coefficient (Wildman–Crippen LogP) is 0.774. The van der Waals surface area contributed by atoms with Crippen LogP contribution in [0.25, 0.3) is 0 Å². The molecule has 3 N–H and O–H groups in total. The zero-order valence-electron chi connectivity index (χ0n) is 6.44. The van der Waals surface area contributed by atoms with Crippen molar-refractivity contribution < 1.29 is 18.1 Å². The van der Waals surface area contributed by atoms with E-state index in [9.17, 15) is 13.2 Å². The van der Waals surface area contributed by atoms with E-state index in [0.29, 0.717) is 0 Å². The molecule has 0 aromatic heterocycles. The van der Waals surface area contributed by atoms with Gasteiger partial charge in [-0.25, -0.2) is 13.2 Å². The van der Waals surface area contributed by atoms with Crippen molar-refractivity contribution in [2.75, 3.05) is 0 Å². The summed E-state index contributed by atoms with van der Waals surface area (Å²) in [4.78, 5) is 8.55. The zero-order valence-corrected chi connectivity index (χ0v) is 7.44. The van der Waals surface area contributed by atoms with Crippen LogP contribution in [0.3, 0.4) is 0 Å². The molecule has 0 saturated carbocycles. The zero-order chi connectivity index (χ0) is 10.0. The number of halogens is 3. The summed E-state index contributed by atoms with van der Waals surface area (Å²) >= 11 is 0. The van der Waals surface area contributed by atoms with Crippen molar-refractivity contribution in [1.82, 2.24) is 0 Å². The fraction of sp³-hybridized carbons (Fsp3) is 0.143. The van der Waals surface area contributed by atoms with Gasteiger partial charge in [0.15, 0.2) is 11.6 Å². The molecule has 2 nitrogen and oxygen atoms in total. The molecule has 0 spiro atoms. The Kier molecular flexibility index (Phi) is 3.25. The second-order valence-electron chi connectivity index (χ2n) is 2.33. The van der Waals surface area contributed by atoms with E-state index in [2.05, 4.69) is 0 Å². The maximum Gasteiger partial charge on any atom is 0.169 e. The van der Waals surface area contributed by atoms with E-state index in [-0.39, 0.29) is 5.30 Å². The van der Waals surface area contributed by atoms with Crippen molar-refractivity contribution in [2.45, 2.75) is 6.54 Å². The van der Waals surface area contributed by atoms with E-state index in [1.807, 2.05) is 0 Å². The lowest BCUT2D eigenvalue weighted by molar-refractivity contribution is 0.485. The van der Waals surface area contributed by atoms with Crippen molar-refractivity contribution in [3.05, 3.63) is 29.1 Å². The van der Waals surface area contributed by atoms with E-state index in [4.69, 9.17) is 10.6 Å². The first-order chi connectivity index (χ1) is 6.11. The predicted molar refractivity (Wildman–Crippen MR) is 44.4 cm³/mol. The van der Waals surface area contributed by atoms with Gasteiger partial charge in [-0.1, -0.05) is 0 Å². The molecule has 0 radical (unpaired) electrons. The molecular formula is C7H7F3NOP. The first kappa shape index (κ1) is 10.4. The highest BCUT2D eigenvalue weighted by atomic mass is 31.1. The van der Waals surface area contributed by atoms with Crippen molar-refractivity contribution in [1.29, 1.82) is 0 Å². The maximum atomic E-state index is 12.9. The Balaban J connectivity index is 3.37. The molecule has 0 aliphatic rings. The van der Waals surface area contributed by atoms with Gasteiger partial charge in [0, 0.05) is 26.2 Å². The van der Waals surface area contributed by atoms with Crippen LogP contribution in [0.2, 0.25) is 0 Å². The summed E-state index contributed by atoms with van der Waals surface area (Å²) in [6, 6.07) is 0.749. The molecule has 1 atom stereocenters. The maximum absolute atomic E-state index is 12.9. The van der Waals surface area contributed by atoms with Crippen LogP contribution < -0.4 is 11.0 Å². The molecule has 0 amide bonds. The van der Waals surface area contributed by atoms with Crippen molar-refractivity contribution in [3.8, 4) is 0 Å². The normalized spacial score (nSPS) is 11.5. The standard InChI is InChI=1S/C7H7F3NOP/c8-4-1-5(13-12)7(10)6(9)3(4)2-11/h1,12-13H,2,11H2. The summed E-state index contributed by atoms with van der Waals surface area (Å²) in [5.41, 5.74) is 4.50. The molecule has 0 saturated heterocycles. The van der Waals surface area contributed by atoms with Crippen LogP contribution in [0.15, 0.2) is 6.07 Å². The molecule has 1 rings (SSSR count). The lowest BCUT2D eigenvalue weighted by Crippen LogP contribution is -2.13. The Morgan fingerprint density at radius 2 is 1.92 bits per heavy atom. The summed E-state index contributed by atoms with van der Waals surface area (Å²) in [7, 11) is -0.976. The summed E-state index contributed by atoms with van der Waals surface area (Å²) < 4.78 is 38.7. The Hall–Kier alpha value is -0.640. The summed E-state index contributed by atoms with van der Waals surface area (Å²) in [6.45, 7) is -0.413. The summed E-state index contributed by atoms with van der Waals surface area (Å²) in [6.07, 6.45) is 0. The van der Waals surface area contributed by atoms with Crippen LogP contribution in [-0.4, -0.2) is 4.89 Å². The van der Waals surface area contributed by atoms with Gasteiger partial charge in [-0.15, -0.1) is 0 Å². The summed E-state index contributed by atoms with van der Waals surface area (Å²) in [5, 5.41) is -0.382. The van der Waals surface area contributed by atoms with Gasteiger partial charge in [-0.2, -0.15) is 0 Å². The van der Waals surface area contributed by atoms with Crippen molar-refractivity contribution >= 4 is 14.1 Å². The van der Waals surface area contributed by atoms with Gasteiger partial charge in [0.25, 0.3) is 0 Å². The van der Waals surface area contributed by atoms with E-state index < -0.39 is 38.4 Å².